The molecule has 0 radical (unpaired) electrons. The van der Waals surface area contributed by atoms with Crippen LogP contribution in [0.25, 0.3) is 11.0 Å². The Kier molecular flexibility index (Phi) is 3.62. The molecule has 2 aromatic rings. The van der Waals surface area contributed by atoms with Crippen LogP contribution >= 0.6 is 11.6 Å². The number of rotatable bonds is 1. The van der Waals surface area contributed by atoms with E-state index in [-0.39, 0.29) is 10.6 Å². The van der Waals surface area contributed by atoms with Gasteiger partial charge in [0.15, 0.2) is 0 Å². The second kappa shape index (κ2) is 4.75. The van der Waals surface area contributed by atoms with E-state index < -0.39 is 5.97 Å². The van der Waals surface area contributed by atoms with Gasteiger partial charge in [-0.3, -0.25) is 10.1 Å². The Labute approximate surface area is 91.1 Å². The van der Waals surface area contributed by atoms with E-state index in [1.54, 1.807) is 0 Å². The molecule has 2 N–H and O–H groups in total. The summed E-state index contributed by atoms with van der Waals surface area (Å²) in [7, 11) is 0. The van der Waals surface area contributed by atoms with Crippen LogP contribution in [-0.4, -0.2) is 26.3 Å². The van der Waals surface area contributed by atoms with Crippen molar-refractivity contribution in [3.05, 3.63) is 23.0 Å². The Morgan fingerprint density at radius 1 is 1.47 bits per heavy atom. The smallest absolute Gasteiger partial charge is 0.338 e. The third kappa shape index (κ3) is 2.07. The van der Waals surface area contributed by atoms with Gasteiger partial charge in [-0.15, -0.1) is 0 Å². The first-order valence-corrected chi connectivity index (χ1v) is 4.79. The quantitative estimate of drug-likeness (QED) is 0.784. The van der Waals surface area contributed by atoms with Crippen molar-refractivity contribution >= 4 is 28.6 Å². The van der Waals surface area contributed by atoms with Crippen molar-refractivity contribution in [2.75, 3.05) is 0 Å². The Morgan fingerprint density at radius 3 is 2.73 bits per heavy atom. The van der Waals surface area contributed by atoms with Gasteiger partial charge in [0.1, 0.15) is 11.0 Å². The second-order valence-electron chi connectivity index (χ2n) is 2.42. The lowest BCUT2D eigenvalue weighted by molar-refractivity contribution is 0.0697. The van der Waals surface area contributed by atoms with E-state index in [1.165, 1.54) is 12.4 Å². The summed E-state index contributed by atoms with van der Waals surface area (Å²) in [4.78, 5) is 14.5. The number of pyridine rings is 1. The van der Waals surface area contributed by atoms with Crippen LogP contribution < -0.4 is 0 Å². The normalized spacial score (nSPS) is 9.53. The van der Waals surface area contributed by atoms with Crippen molar-refractivity contribution in [3.63, 3.8) is 0 Å². The molecule has 0 saturated heterocycles. The monoisotopic (exact) mass is 227 g/mol. The molecule has 0 aliphatic carbocycles. The molecule has 0 spiro atoms. The Bertz CT molecular complexity index is 481. The van der Waals surface area contributed by atoms with Crippen LogP contribution in [0.2, 0.25) is 5.02 Å². The summed E-state index contributed by atoms with van der Waals surface area (Å²) in [5, 5.41) is 15.1. The molecule has 15 heavy (non-hydrogen) atoms. The van der Waals surface area contributed by atoms with Crippen LogP contribution in [0.3, 0.4) is 0 Å². The lowest BCUT2D eigenvalue weighted by Crippen LogP contribution is -1.98. The third-order valence-corrected chi connectivity index (χ3v) is 2.03. The molecule has 0 fully saturated rings. The molecule has 0 aromatic carbocycles. The summed E-state index contributed by atoms with van der Waals surface area (Å²) in [6.07, 6.45) is 2.69. The zero-order valence-electron chi connectivity index (χ0n) is 8.28. The number of carboxylic acid groups (broad SMARTS) is 1. The lowest BCUT2D eigenvalue weighted by atomic mass is 10.2. The van der Waals surface area contributed by atoms with Crippen LogP contribution in [0, 0.1) is 0 Å². The minimum atomic E-state index is -1.10. The number of carboxylic acids is 1. The predicted molar refractivity (Wildman–Crippen MR) is 57.2 cm³/mol. The lowest BCUT2D eigenvalue weighted by Gasteiger charge is -1.97. The van der Waals surface area contributed by atoms with Crippen molar-refractivity contribution in [1.82, 2.24) is 15.2 Å². The number of hydrogen-bond acceptors (Lipinski definition) is 3. The molecular weight excluding hydrogens is 218 g/mol. The van der Waals surface area contributed by atoms with Crippen molar-refractivity contribution in [2.45, 2.75) is 13.8 Å². The van der Waals surface area contributed by atoms with Gasteiger partial charge in [0, 0.05) is 6.20 Å². The van der Waals surface area contributed by atoms with Crippen LogP contribution in [0.4, 0.5) is 0 Å². The van der Waals surface area contributed by atoms with Gasteiger partial charge in [-0.1, -0.05) is 25.4 Å². The van der Waals surface area contributed by atoms with Crippen molar-refractivity contribution in [1.29, 1.82) is 0 Å². The number of aromatic amines is 1. The van der Waals surface area contributed by atoms with E-state index >= 15 is 0 Å². The van der Waals surface area contributed by atoms with Gasteiger partial charge in [0.05, 0.1) is 16.8 Å². The van der Waals surface area contributed by atoms with Crippen molar-refractivity contribution in [2.24, 2.45) is 0 Å². The van der Waals surface area contributed by atoms with Crippen LogP contribution in [-0.2, 0) is 0 Å². The molecule has 0 amide bonds. The number of carbonyl (C=O) groups is 1. The molecule has 80 valence electrons. The maximum Gasteiger partial charge on any atom is 0.338 e. The molecule has 2 rings (SSSR count). The van der Waals surface area contributed by atoms with Gasteiger partial charge < -0.3 is 5.11 Å². The fourth-order valence-electron chi connectivity index (χ4n) is 1.01. The number of nitrogens with zero attached hydrogens (tertiary/aromatic N) is 2. The van der Waals surface area contributed by atoms with E-state index in [0.717, 1.165) is 0 Å². The van der Waals surface area contributed by atoms with E-state index in [2.05, 4.69) is 15.2 Å². The number of halogens is 1. The zero-order chi connectivity index (χ0) is 11.4. The largest absolute Gasteiger partial charge is 0.478 e. The maximum atomic E-state index is 10.6. The molecule has 0 bridgehead atoms. The molecular formula is C9H10ClN3O2. The summed E-state index contributed by atoms with van der Waals surface area (Å²) in [6.45, 7) is 4.00. The molecule has 5 nitrogen and oxygen atoms in total. The van der Waals surface area contributed by atoms with Gasteiger partial charge in [-0.05, 0) is 0 Å². The molecule has 0 atom stereocenters. The Hall–Kier alpha value is -1.62. The molecule has 2 aromatic heterocycles. The third-order valence-electron chi connectivity index (χ3n) is 1.64. The molecule has 0 saturated carbocycles. The number of hydrogen-bond donors (Lipinski definition) is 2. The standard InChI is InChI=1S/C7H4ClN3O2.C2H6/c8-5-3(7(12)13)1-9-4-2-10-11-6(4)5;1-2/h1-2H,(H,10,11)(H,12,13);1-2H3. The molecule has 0 unspecified atom stereocenters. The van der Waals surface area contributed by atoms with Crippen LogP contribution in [0.15, 0.2) is 12.4 Å². The highest BCUT2D eigenvalue weighted by Gasteiger charge is 2.13. The first-order valence-electron chi connectivity index (χ1n) is 4.41. The minimum Gasteiger partial charge on any atom is -0.478 e. The van der Waals surface area contributed by atoms with Crippen molar-refractivity contribution in [3.8, 4) is 0 Å². The Balaban J connectivity index is 0.000000531. The van der Waals surface area contributed by atoms with E-state index in [4.69, 9.17) is 16.7 Å². The van der Waals surface area contributed by atoms with Gasteiger partial charge in [-0.2, -0.15) is 5.10 Å². The van der Waals surface area contributed by atoms with Gasteiger partial charge in [-0.25, -0.2) is 4.79 Å². The highest BCUT2D eigenvalue weighted by atomic mass is 35.5. The number of fused-ring (bicyclic) bond motifs is 1. The SMILES string of the molecule is CC.O=C(O)c1cnc2cn[nH]c2c1Cl. The minimum absolute atomic E-state index is 0.0292. The molecule has 2 heterocycles. The average Bonchev–Trinajstić information content (AvgIpc) is 2.69. The fraction of sp³-hybridized carbons (Fsp3) is 0.222. The molecule has 0 aliphatic heterocycles. The Morgan fingerprint density at radius 2 is 2.13 bits per heavy atom. The topological polar surface area (TPSA) is 78.9 Å². The number of nitrogens with one attached hydrogen (secondary N) is 1. The van der Waals surface area contributed by atoms with Crippen LogP contribution in [0.5, 0.6) is 0 Å². The van der Waals surface area contributed by atoms with Gasteiger partial charge in [0.25, 0.3) is 0 Å². The van der Waals surface area contributed by atoms with Crippen LogP contribution in [0.1, 0.15) is 24.2 Å². The highest BCUT2D eigenvalue weighted by Crippen LogP contribution is 2.22. The summed E-state index contributed by atoms with van der Waals surface area (Å²) in [6, 6.07) is 0. The molecule has 0 aliphatic rings. The second-order valence-corrected chi connectivity index (χ2v) is 2.80. The van der Waals surface area contributed by atoms with Gasteiger partial charge >= 0.3 is 5.97 Å². The summed E-state index contributed by atoms with van der Waals surface area (Å²) in [5.74, 6) is -1.10. The van der Waals surface area contributed by atoms with E-state index in [0.29, 0.717) is 11.0 Å². The summed E-state index contributed by atoms with van der Waals surface area (Å²) < 4.78 is 0. The average molecular weight is 228 g/mol. The molecule has 6 heteroatoms. The number of aromatic nitrogens is 3. The van der Waals surface area contributed by atoms with Gasteiger partial charge in [0.2, 0.25) is 0 Å². The zero-order valence-corrected chi connectivity index (χ0v) is 9.04. The maximum absolute atomic E-state index is 10.6. The fourth-order valence-corrected chi connectivity index (χ4v) is 1.28. The first kappa shape index (κ1) is 11.5. The highest BCUT2D eigenvalue weighted by molar-refractivity contribution is 6.37. The number of H-pyrrole nitrogens is 1. The predicted octanol–water partition coefficient (Wildman–Crippen LogP) is 2.34. The number of aromatic carboxylic acids is 1. The summed E-state index contributed by atoms with van der Waals surface area (Å²) >= 11 is 5.79. The van der Waals surface area contributed by atoms with E-state index in [9.17, 15) is 4.79 Å². The first-order chi connectivity index (χ1) is 7.20. The van der Waals surface area contributed by atoms with E-state index in [1.807, 2.05) is 13.8 Å². The van der Waals surface area contributed by atoms with Crippen molar-refractivity contribution < 1.29 is 9.90 Å². The summed E-state index contributed by atoms with van der Waals surface area (Å²) in [5.41, 5.74) is 0.968.